The minimum absolute atomic E-state index is 0.0497. The summed E-state index contributed by atoms with van der Waals surface area (Å²) in [5.41, 5.74) is 1.29. The van der Waals surface area contributed by atoms with Gasteiger partial charge in [0.15, 0.2) is 0 Å². The molecule has 126 valence electrons. The lowest BCUT2D eigenvalue weighted by Gasteiger charge is -2.25. The third-order valence-electron chi connectivity index (χ3n) is 3.43. The molecule has 0 aromatic heterocycles. The van der Waals surface area contributed by atoms with Crippen LogP contribution in [0.15, 0.2) is 34.9 Å². The number of halogens is 1. The van der Waals surface area contributed by atoms with Gasteiger partial charge in [0.1, 0.15) is 0 Å². The summed E-state index contributed by atoms with van der Waals surface area (Å²) in [6, 6.07) is 9.24. The second-order valence-electron chi connectivity index (χ2n) is 5.22. The number of ether oxygens (including phenoxy) is 1. The van der Waals surface area contributed by atoms with Crippen molar-refractivity contribution < 1.29 is 14.3 Å². The molecule has 0 radical (unpaired) electrons. The fraction of sp³-hybridized carbons (Fsp3) is 0.353. The number of esters is 1. The van der Waals surface area contributed by atoms with E-state index < -0.39 is 0 Å². The number of nitrogens with one attached hydrogen (secondary N) is 1. The van der Waals surface area contributed by atoms with Gasteiger partial charge in [-0.05, 0) is 24.1 Å². The monoisotopic (exact) mass is 364 g/mol. The van der Waals surface area contributed by atoms with Crippen LogP contribution in [0.3, 0.4) is 0 Å². The fourth-order valence-electron chi connectivity index (χ4n) is 2.30. The topological polar surface area (TPSA) is 79.2 Å². The largest absolute Gasteiger partial charge is 0.465 e. The van der Waals surface area contributed by atoms with Gasteiger partial charge in [0, 0.05) is 17.4 Å². The van der Waals surface area contributed by atoms with E-state index in [1.807, 2.05) is 6.92 Å². The molecule has 0 spiro atoms. The number of nitrogens with zero attached hydrogens (tertiary/aromatic N) is 1. The SMILES string of the molecule is CCCOC(=O)CSC1=C(C#N)[C@@H](c2ccc(Cl)cc2)CC(=O)N1. The molecule has 0 saturated heterocycles. The zero-order valence-corrected chi connectivity index (χ0v) is 14.7. The standard InChI is InChI=1S/C17H17ClN2O3S/c1-2-7-23-16(22)10-24-17-14(9-19)13(8-15(21)20-17)11-3-5-12(18)6-4-11/h3-6,13H,2,7-8,10H2,1H3,(H,20,21)/t13-/m1/s1. The minimum atomic E-state index is -0.366. The number of allylic oxidation sites excluding steroid dienone is 1. The molecule has 1 aliphatic rings. The zero-order valence-electron chi connectivity index (χ0n) is 13.2. The Morgan fingerprint density at radius 3 is 2.79 bits per heavy atom. The van der Waals surface area contributed by atoms with E-state index in [1.54, 1.807) is 24.3 Å². The van der Waals surface area contributed by atoms with Crippen LogP contribution in [0.4, 0.5) is 0 Å². The van der Waals surface area contributed by atoms with Crippen LogP contribution in [0.5, 0.6) is 0 Å². The molecule has 1 heterocycles. The molecule has 0 bridgehead atoms. The highest BCUT2D eigenvalue weighted by Crippen LogP contribution is 2.36. The zero-order chi connectivity index (χ0) is 17.5. The summed E-state index contributed by atoms with van der Waals surface area (Å²) in [5, 5.41) is 13.2. The number of rotatable bonds is 6. The number of nitriles is 1. The second-order valence-corrected chi connectivity index (χ2v) is 6.64. The molecule has 24 heavy (non-hydrogen) atoms. The van der Waals surface area contributed by atoms with E-state index in [0.717, 1.165) is 23.7 Å². The van der Waals surface area contributed by atoms with Gasteiger partial charge >= 0.3 is 5.97 Å². The molecule has 0 saturated carbocycles. The normalized spacial score (nSPS) is 17.2. The summed E-state index contributed by atoms with van der Waals surface area (Å²) in [7, 11) is 0. The molecule has 0 aliphatic carbocycles. The van der Waals surface area contributed by atoms with Gasteiger partial charge in [0.2, 0.25) is 5.91 Å². The van der Waals surface area contributed by atoms with E-state index in [9.17, 15) is 14.9 Å². The maximum atomic E-state index is 12.0. The smallest absolute Gasteiger partial charge is 0.316 e. The van der Waals surface area contributed by atoms with Crippen LogP contribution >= 0.6 is 23.4 Å². The van der Waals surface area contributed by atoms with Crippen LogP contribution in [-0.2, 0) is 14.3 Å². The molecule has 2 rings (SSSR count). The Morgan fingerprint density at radius 1 is 1.46 bits per heavy atom. The number of carbonyl (C=O) groups is 2. The first-order valence-corrected chi connectivity index (χ1v) is 8.89. The number of amides is 1. The third kappa shape index (κ3) is 4.76. The summed E-state index contributed by atoms with van der Waals surface area (Å²) < 4.78 is 5.01. The molecular formula is C17H17ClN2O3S. The number of carbonyl (C=O) groups excluding carboxylic acids is 2. The van der Waals surface area contributed by atoms with Gasteiger partial charge in [0.05, 0.1) is 29.0 Å². The lowest BCUT2D eigenvalue weighted by Crippen LogP contribution is -2.31. The lowest BCUT2D eigenvalue weighted by molar-refractivity contribution is -0.140. The van der Waals surface area contributed by atoms with E-state index in [0.29, 0.717) is 22.2 Å². The van der Waals surface area contributed by atoms with Crippen LogP contribution in [0.1, 0.15) is 31.2 Å². The van der Waals surface area contributed by atoms with Crippen LogP contribution in [0.2, 0.25) is 5.02 Å². The molecule has 7 heteroatoms. The predicted octanol–water partition coefficient (Wildman–Crippen LogP) is 3.37. The maximum absolute atomic E-state index is 12.0. The van der Waals surface area contributed by atoms with Crippen molar-refractivity contribution >= 4 is 35.2 Å². The van der Waals surface area contributed by atoms with Gasteiger partial charge in [-0.3, -0.25) is 9.59 Å². The molecular weight excluding hydrogens is 348 g/mol. The summed E-state index contributed by atoms with van der Waals surface area (Å²) in [6.07, 6.45) is 0.937. The number of hydrogen-bond acceptors (Lipinski definition) is 5. The Morgan fingerprint density at radius 2 is 2.17 bits per heavy atom. The van der Waals surface area contributed by atoms with Crippen LogP contribution in [0.25, 0.3) is 0 Å². The maximum Gasteiger partial charge on any atom is 0.316 e. The molecule has 0 fully saturated rings. The Kier molecular flexibility index (Phi) is 6.71. The third-order valence-corrected chi connectivity index (χ3v) is 4.67. The van der Waals surface area contributed by atoms with Crippen LogP contribution in [0, 0.1) is 11.3 Å². The highest BCUT2D eigenvalue weighted by molar-refractivity contribution is 8.03. The Balaban J connectivity index is 2.19. The van der Waals surface area contributed by atoms with E-state index in [-0.39, 0.29) is 30.0 Å². The van der Waals surface area contributed by atoms with E-state index in [2.05, 4.69) is 11.4 Å². The predicted molar refractivity (Wildman–Crippen MR) is 93.3 cm³/mol. The molecule has 1 aromatic rings. The highest BCUT2D eigenvalue weighted by atomic mass is 35.5. The molecule has 0 unspecified atom stereocenters. The van der Waals surface area contributed by atoms with Crippen molar-refractivity contribution in [2.24, 2.45) is 0 Å². The fourth-order valence-corrected chi connectivity index (χ4v) is 3.30. The number of thioether (sulfide) groups is 1. The first kappa shape index (κ1) is 18.4. The molecule has 1 aliphatic heterocycles. The Hall–Kier alpha value is -1.97. The van der Waals surface area contributed by atoms with Crippen molar-refractivity contribution in [3.63, 3.8) is 0 Å². The first-order chi connectivity index (χ1) is 11.5. The molecule has 1 aromatic carbocycles. The van der Waals surface area contributed by atoms with Gasteiger partial charge in [-0.2, -0.15) is 5.26 Å². The Bertz CT molecular complexity index is 695. The van der Waals surface area contributed by atoms with Crippen molar-refractivity contribution in [1.82, 2.24) is 5.32 Å². The number of hydrogen-bond donors (Lipinski definition) is 1. The van der Waals surface area contributed by atoms with E-state index >= 15 is 0 Å². The molecule has 1 atom stereocenters. The first-order valence-electron chi connectivity index (χ1n) is 7.53. The van der Waals surface area contributed by atoms with Crippen molar-refractivity contribution in [2.45, 2.75) is 25.7 Å². The average Bonchev–Trinajstić information content (AvgIpc) is 2.58. The second kappa shape index (κ2) is 8.76. The summed E-state index contributed by atoms with van der Waals surface area (Å²) in [4.78, 5) is 23.6. The van der Waals surface area contributed by atoms with Gasteiger partial charge in [-0.15, -0.1) is 0 Å². The van der Waals surface area contributed by atoms with Gasteiger partial charge in [0.25, 0.3) is 0 Å². The quantitative estimate of drug-likeness (QED) is 0.783. The van der Waals surface area contributed by atoms with Crippen molar-refractivity contribution in [1.29, 1.82) is 5.26 Å². The van der Waals surface area contributed by atoms with Crippen molar-refractivity contribution in [2.75, 3.05) is 12.4 Å². The van der Waals surface area contributed by atoms with Gasteiger partial charge in [-0.1, -0.05) is 42.4 Å². The molecule has 5 nitrogen and oxygen atoms in total. The summed E-state index contributed by atoms with van der Waals surface area (Å²) in [6.45, 7) is 2.28. The minimum Gasteiger partial charge on any atom is -0.465 e. The van der Waals surface area contributed by atoms with Gasteiger partial charge < -0.3 is 10.1 Å². The van der Waals surface area contributed by atoms with Gasteiger partial charge in [-0.25, -0.2) is 0 Å². The van der Waals surface area contributed by atoms with E-state index in [4.69, 9.17) is 16.3 Å². The molecule has 1 amide bonds. The van der Waals surface area contributed by atoms with Crippen LogP contribution < -0.4 is 5.32 Å². The average molecular weight is 365 g/mol. The summed E-state index contributed by atoms with van der Waals surface area (Å²) in [5.74, 6) is -0.836. The lowest BCUT2D eigenvalue weighted by atomic mass is 9.87. The van der Waals surface area contributed by atoms with E-state index in [1.165, 1.54) is 0 Å². The number of benzene rings is 1. The van der Waals surface area contributed by atoms with Crippen molar-refractivity contribution in [3.8, 4) is 6.07 Å². The summed E-state index contributed by atoms with van der Waals surface area (Å²) >= 11 is 7.01. The van der Waals surface area contributed by atoms with Crippen LogP contribution in [-0.4, -0.2) is 24.2 Å². The molecule has 1 N–H and O–H groups in total. The highest BCUT2D eigenvalue weighted by Gasteiger charge is 2.29. The Labute approximate surface area is 150 Å². The van der Waals surface area contributed by atoms with Crippen molar-refractivity contribution in [3.05, 3.63) is 45.5 Å².